The van der Waals surface area contributed by atoms with Gasteiger partial charge < -0.3 is 24.2 Å². The van der Waals surface area contributed by atoms with Crippen molar-refractivity contribution in [3.05, 3.63) is 41.8 Å². The summed E-state index contributed by atoms with van der Waals surface area (Å²) in [6.07, 6.45) is 0.857. The first-order valence-electron chi connectivity index (χ1n) is 8.87. The zero-order valence-electron chi connectivity index (χ0n) is 16.4. The number of halogens is 1. The summed E-state index contributed by atoms with van der Waals surface area (Å²) in [5.41, 5.74) is 0.946. The first-order valence-corrected chi connectivity index (χ1v) is 8.87. The highest BCUT2D eigenvalue weighted by molar-refractivity contribution is 14.0. The molecule has 0 unspecified atom stereocenters. The molecule has 0 saturated heterocycles. The predicted molar refractivity (Wildman–Crippen MR) is 117 cm³/mol. The van der Waals surface area contributed by atoms with Gasteiger partial charge in [-0.25, -0.2) is 4.99 Å². The Morgan fingerprint density at radius 1 is 1.22 bits per heavy atom. The maximum atomic E-state index is 5.78. The lowest BCUT2D eigenvalue weighted by Gasteiger charge is -2.22. The van der Waals surface area contributed by atoms with Crippen LogP contribution in [-0.2, 0) is 13.0 Å². The number of aliphatic imine (C=N–C) groups is 1. The summed E-state index contributed by atoms with van der Waals surface area (Å²) in [6, 6.07) is 9.50. The minimum Gasteiger partial charge on any atom is -0.497 e. The molecule has 0 bridgehead atoms. The molecule has 1 aromatic heterocycles. The molecule has 0 atom stereocenters. The van der Waals surface area contributed by atoms with Crippen LogP contribution in [0.1, 0.15) is 25.3 Å². The number of rotatable bonds is 9. The van der Waals surface area contributed by atoms with Crippen molar-refractivity contribution in [3.63, 3.8) is 0 Å². The van der Waals surface area contributed by atoms with Crippen molar-refractivity contribution in [1.82, 2.24) is 15.4 Å². The van der Waals surface area contributed by atoms with Gasteiger partial charge in [0.1, 0.15) is 24.7 Å². The molecule has 1 N–H and O–H groups in total. The molecule has 0 fully saturated rings. The van der Waals surface area contributed by atoms with E-state index >= 15 is 0 Å². The Morgan fingerprint density at radius 2 is 1.93 bits per heavy atom. The first kappa shape index (κ1) is 23.1. The molecule has 8 heteroatoms. The molecule has 27 heavy (non-hydrogen) atoms. The second-order valence-corrected chi connectivity index (χ2v) is 5.75. The third kappa shape index (κ3) is 7.66. The fraction of sp³-hybridized carbons (Fsp3) is 0.474. The normalized spacial score (nSPS) is 10.9. The Balaban J connectivity index is 0.00000364. The highest BCUT2D eigenvalue weighted by atomic mass is 127. The van der Waals surface area contributed by atoms with E-state index in [0.29, 0.717) is 19.7 Å². The highest BCUT2D eigenvalue weighted by Gasteiger charge is 2.08. The van der Waals surface area contributed by atoms with Crippen LogP contribution in [-0.4, -0.2) is 49.9 Å². The first-order chi connectivity index (χ1) is 12.7. The number of ether oxygens (including phenoxy) is 2. The zero-order chi connectivity index (χ0) is 18.8. The fourth-order valence-electron chi connectivity index (χ4n) is 2.30. The number of hydrogen-bond donors (Lipinski definition) is 1. The Kier molecular flexibility index (Phi) is 10.6. The van der Waals surface area contributed by atoms with E-state index in [1.807, 2.05) is 56.1 Å². The molecule has 7 nitrogen and oxygen atoms in total. The largest absolute Gasteiger partial charge is 0.497 e. The number of likely N-dealkylation sites (N-methyl/N-ethyl adjacent to an activating group) is 1. The van der Waals surface area contributed by atoms with Gasteiger partial charge in [0.2, 0.25) is 0 Å². The number of nitrogens with zero attached hydrogens (tertiary/aromatic N) is 3. The maximum Gasteiger partial charge on any atom is 0.194 e. The summed E-state index contributed by atoms with van der Waals surface area (Å²) < 4.78 is 16.2. The summed E-state index contributed by atoms with van der Waals surface area (Å²) in [4.78, 5) is 6.64. The van der Waals surface area contributed by atoms with Crippen LogP contribution in [0, 0.1) is 0 Å². The number of benzene rings is 1. The van der Waals surface area contributed by atoms with Gasteiger partial charge in [-0.1, -0.05) is 12.1 Å². The number of aromatic nitrogens is 1. The Hall–Kier alpha value is -1.97. The molecule has 0 aliphatic carbocycles. The Bertz CT molecular complexity index is 689. The lowest BCUT2D eigenvalue weighted by atomic mass is 10.3. The van der Waals surface area contributed by atoms with E-state index in [2.05, 4.69) is 15.5 Å². The minimum atomic E-state index is 0. The van der Waals surface area contributed by atoms with Gasteiger partial charge in [0.25, 0.3) is 0 Å². The van der Waals surface area contributed by atoms with Crippen molar-refractivity contribution in [2.45, 2.75) is 26.8 Å². The van der Waals surface area contributed by atoms with Gasteiger partial charge >= 0.3 is 0 Å². The number of aryl methyl sites for hydroxylation is 1. The van der Waals surface area contributed by atoms with Gasteiger partial charge in [0, 0.05) is 19.7 Å². The second kappa shape index (κ2) is 12.4. The average Bonchev–Trinajstić information content (AvgIpc) is 3.13. The van der Waals surface area contributed by atoms with Gasteiger partial charge in [0.05, 0.1) is 19.3 Å². The lowest BCUT2D eigenvalue weighted by Crippen LogP contribution is -2.40. The van der Waals surface area contributed by atoms with Crippen molar-refractivity contribution in [2.24, 2.45) is 4.99 Å². The van der Waals surface area contributed by atoms with Crippen LogP contribution < -0.4 is 14.8 Å². The standard InChI is InChI=1S/C19H28N4O3.HI/c1-5-15-13-18(26-22-15)14-21-19(20-6-2)23(3)11-12-25-17-9-7-16(24-4)8-10-17;/h7-10,13H,5-6,11-12,14H2,1-4H3,(H,20,21);1H. The van der Waals surface area contributed by atoms with Crippen LogP contribution in [0.15, 0.2) is 39.8 Å². The van der Waals surface area contributed by atoms with Crippen molar-refractivity contribution in [1.29, 1.82) is 0 Å². The van der Waals surface area contributed by atoms with E-state index in [1.165, 1.54) is 0 Å². The molecule has 0 amide bonds. The molecule has 0 radical (unpaired) electrons. The SMILES string of the molecule is CCNC(=NCc1cc(CC)no1)N(C)CCOc1ccc(OC)cc1.I. The molecule has 2 rings (SSSR count). The zero-order valence-corrected chi connectivity index (χ0v) is 18.7. The van der Waals surface area contributed by atoms with Crippen LogP contribution in [0.3, 0.4) is 0 Å². The van der Waals surface area contributed by atoms with Crippen molar-refractivity contribution in [3.8, 4) is 11.5 Å². The summed E-state index contributed by atoms with van der Waals surface area (Å²) >= 11 is 0. The molecule has 2 aromatic rings. The highest BCUT2D eigenvalue weighted by Crippen LogP contribution is 2.16. The smallest absolute Gasteiger partial charge is 0.194 e. The van der Waals surface area contributed by atoms with Crippen molar-refractivity contribution >= 4 is 29.9 Å². The number of methoxy groups -OCH3 is 1. The monoisotopic (exact) mass is 488 g/mol. The van der Waals surface area contributed by atoms with E-state index in [-0.39, 0.29) is 24.0 Å². The molecule has 1 heterocycles. The molecule has 150 valence electrons. The van der Waals surface area contributed by atoms with E-state index in [4.69, 9.17) is 14.0 Å². The third-order valence-electron chi connectivity index (χ3n) is 3.81. The predicted octanol–water partition coefficient (Wildman–Crippen LogP) is 3.34. The molecular formula is C19H29IN4O3. The maximum absolute atomic E-state index is 5.78. The van der Waals surface area contributed by atoms with Crippen LogP contribution in [0.5, 0.6) is 11.5 Å². The molecule has 0 spiro atoms. The number of nitrogens with one attached hydrogen (secondary N) is 1. The van der Waals surface area contributed by atoms with E-state index in [0.717, 1.165) is 41.9 Å². The quantitative estimate of drug-likeness (QED) is 0.332. The van der Waals surface area contributed by atoms with E-state index in [1.54, 1.807) is 7.11 Å². The van der Waals surface area contributed by atoms with Crippen molar-refractivity contribution in [2.75, 3.05) is 33.9 Å². The third-order valence-corrected chi connectivity index (χ3v) is 3.81. The fourth-order valence-corrected chi connectivity index (χ4v) is 2.30. The minimum absolute atomic E-state index is 0. The summed E-state index contributed by atoms with van der Waals surface area (Å²) in [7, 11) is 3.63. The van der Waals surface area contributed by atoms with Gasteiger partial charge in [-0.15, -0.1) is 24.0 Å². The van der Waals surface area contributed by atoms with Gasteiger partial charge in [-0.2, -0.15) is 0 Å². The number of hydrogen-bond acceptors (Lipinski definition) is 5. The molecular weight excluding hydrogens is 459 g/mol. The Morgan fingerprint density at radius 3 is 2.52 bits per heavy atom. The van der Waals surface area contributed by atoms with Crippen LogP contribution >= 0.6 is 24.0 Å². The summed E-state index contributed by atoms with van der Waals surface area (Å²) in [5, 5.41) is 7.27. The Labute approximate surface area is 178 Å². The molecule has 0 saturated carbocycles. The number of guanidine groups is 1. The molecule has 0 aliphatic rings. The van der Waals surface area contributed by atoms with Gasteiger partial charge in [-0.05, 0) is 37.6 Å². The molecule has 1 aromatic carbocycles. The second-order valence-electron chi connectivity index (χ2n) is 5.75. The van der Waals surface area contributed by atoms with Crippen molar-refractivity contribution < 1.29 is 14.0 Å². The van der Waals surface area contributed by atoms with Gasteiger partial charge in [0.15, 0.2) is 11.7 Å². The molecule has 0 aliphatic heterocycles. The summed E-state index contributed by atoms with van der Waals surface area (Å²) in [5.74, 6) is 3.20. The lowest BCUT2D eigenvalue weighted by molar-refractivity contribution is 0.280. The average molecular weight is 488 g/mol. The van der Waals surface area contributed by atoms with E-state index < -0.39 is 0 Å². The van der Waals surface area contributed by atoms with Crippen LogP contribution in [0.2, 0.25) is 0 Å². The summed E-state index contributed by atoms with van der Waals surface area (Å²) in [6.45, 7) is 6.59. The topological polar surface area (TPSA) is 72.1 Å². The van der Waals surface area contributed by atoms with E-state index in [9.17, 15) is 0 Å². The van der Waals surface area contributed by atoms with Crippen LogP contribution in [0.4, 0.5) is 0 Å². The van der Waals surface area contributed by atoms with Crippen LogP contribution in [0.25, 0.3) is 0 Å². The van der Waals surface area contributed by atoms with Gasteiger partial charge in [-0.3, -0.25) is 0 Å².